The van der Waals surface area contributed by atoms with Crippen molar-refractivity contribution >= 4 is 29.2 Å². The standard InChI is InChI=1S/C18H26Cl2N6O/c1-4-17-25-23-12-26(17)9-7-21-18(22-8-10-27-3)24-13(2)15-6-5-14(19)11-16(15)20/h5-6,11-13H,4,7-10H2,1-3H3,(H2,21,22,24). The van der Waals surface area contributed by atoms with Gasteiger partial charge in [-0.25, -0.2) is 0 Å². The molecular formula is C18H26Cl2N6O. The van der Waals surface area contributed by atoms with Gasteiger partial charge in [-0.3, -0.25) is 4.99 Å². The Morgan fingerprint density at radius 2 is 2.19 bits per heavy atom. The number of hydrogen-bond donors (Lipinski definition) is 2. The maximum absolute atomic E-state index is 6.32. The summed E-state index contributed by atoms with van der Waals surface area (Å²) in [5, 5.41) is 16.0. The number of aromatic nitrogens is 3. The zero-order valence-electron chi connectivity index (χ0n) is 15.9. The number of methoxy groups -OCH3 is 1. The van der Waals surface area contributed by atoms with E-state index in [1.807, 2.05) is 23.6 Å². The Hall–Kier alpha value is -1.83. The first-order valence-electron chi connectivity index (χ1n) is 8.90. The van der Waals surface area contributed by atoms with Crippen LogP contribution in [0.4, 0.5) is 0 Å². The van der Waals surface area contributed by atoms with Crippen LogP contribution in [0.1, 0.15) is 31.3 Å². The van der Waals surface area contributed by atoms with Gasteiger partial charge in [0.2, 0.25) is 0 Å². The van der Waals surface area contributed by atoms with Crippen molar-refractivity contribution in [2.24, 2.45) is 4.99 Å². The third-order valence-corrected chi connectivity index (χ3v) is 4.57. The molecule has 2 N–H and O–H groups in total. The Bertz CT molecular complexity index is 749. The van der Waals surface area contributed by atoms with Crippen molar-refractivity contribution in [3.05, 3.63) is 46.0 Å². The van der Waals surface area contributed by atoms with Crippen molar-refractivity contribution in [2.45, 2.75) is 32.9 Å². The molecule has 27 heavy (non-hydrogen) atoms. The highest BCUT2D eigenvalue weighted by Gasteiger charge is 2.12. The van der Waals surface area contributed by atoms with Gasteiger partial charge in [-0.15, -0.1) is 10.2 Å². The van der Waals surface area contributed by atoms with Crippen molar-refractivity contribution in [2.75, 3.05) is 26.8 Å². The van der Waals surface area contributed by atoms with Crippen molar-refractivity contribution in [1.29, 1.82) is 0 Å². The molecule has 9 heteroatoms. The molecule has 0 spiro atoms. The lowest BCUT2D eigenvalue weighted by molar-refractivity contribution is 0.208. The number of nitrogens with zero attached hydrogens (tertiary/aromatic N) is 4. The van der Waals surface area contributed by atoms with E-state index in [9.17, 15) is 0 Å². The molecular weight excluding hydrogens is 387 g/mol. The van der Waals surface area contributed by atoms with Crippen LogP contribution in [0.15, 0.2) is 29.5 Å². The van der Waals surface area contributed by atoms with Crippen molar-refractivity contribution in [3.63, 3.8) is 0 Å². The number of benzene rings is 1. The first-order chi connectivity index (χ1) is 13.0. The van der Waals surface area contributed by atoms with Gasteiger partial charge in [0, 0.05) is 36.7 Å². The summed E-state index contributed by atoms with van der Waals surface area (Å²) in [4.78, 5) is 4.55. The molecule has 0 fully saturated rings. The highest BCUT2D eigenvalue weighted by Crippen LogP contribution is 2.25. The zero-order chi connectivity index (χ0) is 19.6. The number of hydrogen-bond acceptors (Lipinski definition) is 4. The number of aryl methyl sites for hydroxylation is 1. The number of aliphatic imine (C=N–C) groups is 1. The predicted octanol–water partition coefficient (Wildman–Crippen LogP) is 3.09. The molecule has 0 bridgehead atoms. The van der Waals surface area contributed by atoms with Crippen LogP contribution in [0.25, 0.3) is 0 Å². The van der Waals surface area contributed by atoms with E-state index in [4.69, 9.17) is 27.9 Å². The first-order valence-corrected chi connectivity index (χ1v) is 9.66. The smallest absolute Gasteiger partial charge is 0.191 e. The topological polar surface area (TPSA) is 76.4 Å². The Kier molecular flexibility index (Phi) is 8.84. The highest BCUT2D eigenvalue weighted by atomic mass is 35.5. The summed E-state index contributed by atoms with van der Waals surface area (Å²) < 4.78 is 7.12. The third kappa shape index (κ3) is 6.68. The molecule has 0 saturated heterocycles. The van der Waals surface area contributed by atoms with Crippen molar-refractivity contribution < 1.29 is 4.74 Å². The number of ether oxygens (including phenoxy) is 1. The minimum atomic E-state index is -0.0373. The van der Waals surface area contributed by atoms with Gasteiger partial charge < -0.3 is 19.9 Å². The van der Waals surface area contributed by atoms with Crippen LogP contribution in [-0.4, -0.2) is 47.5 Å². The van der Waals surface area contributed by atoms with E-state index in [0.29, 0.717) is 35.7 Å². The number of guanidine groups is 1. The lowest BCUT2D eigenvalue weighted by Crippen LogP contribution is -2.40. The van der Waals surface area contributed by atoms with E-state index >= 15 is 0 Å². The van der Waals surface area contributed by atoms with Crippen LogP contribution in [0.5, 0.6) is 0 Å². The fourth-order valence-corrected chi connectivity index (χ4v) is 3.14. The summed E-state index contributed by atoms with van der Waals surface area (Å²) in [7, 11) is 1.66. The second-order valence-corrected chi connectivity index (χ2v) is 6.82. The quantitative estimate of drug-likeness (QED) is 0.375. The first kappa shape index (κ1) is 21.5. The number of rotatable bonds is 9. The molecule has 1 atom stereocenters. The molecule has 0 aliphatic carbocycles. The molecule has 1 aromatic heterocycles. The average molecular weight is 413 g/mol. The Balaban J connectivity index is 1.99. The molecule has 1 heterocycles. The maximum atomic E-state index is 6.32. The fourth-order valence-electron chi connectivity index (χ4n) is 2.57. The van der Waals surface area contributed by atoms with Gasteiger partial charge >= 0.3 is 0 Å². The monoisotopic (exact) mass is 412 g/mol. The summed E-state index contributed by atoms with van der Waals surface area (Å²) in [6, 6.07) is 5.45. The molecule has 0 aliphatic heterocycles. The van der Waals surface area contributed by atoms with Gasteiger partial charge in [0.05, 0.1) is 19.2 Å². The van der Waals surface area contributed by atoms with E-state index in [2.05, 4.69) is 32.7 Å². The SMILES string of the molecule is CCc1nncn1CCNC(=NCCOC)NC(C)c1ccc(Cl)cc1Cl. The molecule has 2 rings (SSSR count). The zero-order valence-corrected chi connectivity index (χ0v) is 17.4. The van der Waals surface area contributed by atoms with E-state index in [-0.39, 0.29) is 6.04 Å². The third-order valence-electron chi connectivity index (χ3n) is 4.00. The summed E-state index contributed by atoms with van der Waals surface area (Å²) in [5.41, 5.74) is 0.953. The fraction of sp³-hybridized carbons (Fsp3) is 0.500. The molecule has 1 aromatic carbocycles. The van der Waals surface area contributed by atoms with Crippen LogP contribution >= 0.6 is 23.2 Å². The van der Waals surface area contributed by atoms with Crippen LogP contribution in [0.2, 0.25) is 10.0 Å². The van der Waals surface area contributed by atoms with Crippen molar-refractivity contribution in [1.82, 2.24) is 25.4 Å². The summed E-state index contributed by atoms with van der Waals surface area (Å²) in [6.07, 6.45) is 2.59. The average Bonchev–Trinajstić information content (AvgIpc) is 3.09. The second-order valence-electron chi connectivity index (χ2n) is 5.98. The minimum absolute atomic E-state index is 0.0373. The number of nitrogens with one attached hydrogen (secondary N) is 2. The molecule has 148 valence electrons. The minimum Gasteiger partial charge on any atom is -0.383 e. The molecule has 0 radical (unpaired) electrons. The Morgan fingerprint density at radius 3 is 2.89 bits per heavy atom. The molecule has 2 aromatic rings. The molecule has 0 saturated carbocycles. The highest BCUT2D eigenvalue weighted by molar-refractivity contribution is 6.35. The summed E-state index contributed by atoms with van der Waals surface area (Å²) >= 11 is 12.3. The van der Waals surface area contributed by atoms with E-state index in [1.54, 1.807) is 19.5 Å². The molecule has 1 unspecified atom stereocenters. The summed E-state index contributed by atoms with van der Waals surface area (Å²) in [6.45, 7) is 6.62. The lowest BCUT2D eigenvalue weighted by atomic mass is 10.1. The van der Waals surface area contributed by atoms with Gasteiger partial charge in [0.1, 0.15) is 12.2 Å². The summed E-state index contributed by atoms with van der Waals surface area (Å²) in [5.74, 6) is 1.65. The Morgan fingerprint density at radius 1 is 1.37 bits per heavy atom. The van der Waals surface area contributed by atoms with E-state index in [0.717, 1.165) is 24.4 Å². The van der Waals surface area contributed by atoms with Gasteiger partial charge in [-0.2, -0.15) is 0 Å². The van der Waals surface area contributed by atoms with Crippen LogP contribution < -0.4 is 10.6 Å². The molecule has 7 nitrogen and oxygen atoms in total. The number of halogens is 2. The van der Waals surface area contributed by atoms with Gasteiger partial charge in [0.25, 0.3) is 0 Å². The second kappa shape index (κ2) is 11.1. The van der Waals surface area contributed by atoms with Gasteiger partial charge in [0.15, 0.2) is 5.96 Å². The normalized spacial score (nSPS) is 12.9. The van der Waals surface area contributed by atoms with E-state index < -0.39 is 0 Å². The van der Waals surface area contributed by atoms with Crippen LogP contribution in [-0.2, 0) is 17.7 Å². The van der Waals surface area contributed by atoms with Crippen molar-refractivity contribution in [3.8, 4) is 0 Å². The molecule has 0 aliphatic rings. The van der Waals surface area contributed by atoms with Gasteiger partial charge in [-0.1, -0.05) is 36.2 Å². The van der Waals surface area contributed by atoms with E-state index in [1.165, 1.54) is 0 Å². The molecule has 0 amide bonds. The maximum Gasteiger partial charge on any atom is 0.191 e. The Labute approximate surface area is 170 Å². The predicted molar refractivity (Wildman–Crippen MR) is 110 cm³/mol. The largest absolute Gasteiger partial charge is 0.383 e. The lowest BCUT2D eigenvalue weighted by Gasteiger charge is -2.20. The van der Waals surface area contributed by atoms with Gasteiger partial charge in [-0.05, 0) is 24.6 Å². The van der Waals surface area contributed by atoms with Crippen LogP contribution in [0, 0.1) is 0 Å². The van der Waals surface area contributed by atoms with Crippen LogP contribution in [0.3, 0.4) is 0 Å².